The number of nitrogens with one attached hydrogen (secondary N) is 1. The highest BCUT2D eigenvalue weighted by Gasteiger charge is 2.23. The number of fused-ring (bicyclic) bond motifs is 1. The Bertz CT molecular complexity index is 492. The van der Waals surface area contributed by atoms with Crippen molar-refractivity contribution in [1.82, 2.24) is 0 Å². The van der Waals surface area contributed by atoms with Crippen LogP contribution in [0.3, 0.4) is 0 Å². The van der Waals surface area contributed by atoms with Crippen molar-refractivity contribution < 1.29 is 4.79 Å². The lowest BCUT2D eigenvalue weighted by Gasteiger charge is -2.24. The third-order valence-electron chi connectivity index (χ3n) is 4.66. The van der Waals surface area contributed by atoms with Gasteiger partial charge >= 0.3 is 0 Å². The summed E-state index contributed by atoms with van der Waals surface area (Å²) >= 11 is 3.93. The molecule has 1 unspecified atom stereocenters. The summed E-state index contributed by atoms with van der Waals surface area (Å²) in [5, 5.41) is 2.96. The van der Waals surface area contributed by atoms with Crippen molar-refractivity contribution in [2.24, 2.45) is 5.92 Å². The van der Waals surface area contributed by atoms with E-state index in [1.165, 1.54) is 49.7 Å². The summed E-state index contributed by atoms with van der Waals surface area (Å²) in [6, 6.07) is 6.54. The normalized spacial score (nSPS) is 21.8. The molecule has 1 amide bonds. The second-order valence-corrected chi connectivity index (χ2v) is 7.10. The number of halogens is 1. The Hall–Kier alpha value is -0.830. The first-order valence-corrected chi connectivity index (χ1v) is 8.72. The number of alkyl halides is 1. The van der Waals surface area contributed by atoms with Gasteiger partial charge in [-0.3, -0.25) is 4.79 Å². The average Bonchev–Trinajstić information content (AvgIpc) is 2.75. The number of anilines is 1. The predicted octanol–water partition coefficient (Wildman–Crippen LogP) is 4.98. The van der Waals surface area contributed by atoms with E-state index in [9.17, 15) is 4.79 Å². The zero-order valence-corrected chi connectivity index (χ0v) is 13.4. The van der Waals surface area contributed by atoms with Crippen LogP contribution in [0.15, 0.2) is 18.2 Å². The Morgan fingerprint density at radius 2 is 1.85 bits per heavy atom. The van der Waals surface area contributed by atoms with Crippen molar-refractivity contribution in [1.29, 1.82) is 0 Å². The van der Waals surface area contributed by atoms with Gasteiger partial charge in [-0.15, -0.1) is 0 Å². The van der Waals surface area contributed by atoms with Crippen LogP contribution in [-0.2, 0) is 11.2 Å². The van der Waals surface area contributed by atoms with Crippen LogP contribution in [0.4, 0.5) is 5.69 Å². The summed E-state index contributed by atoms with van der Waals surface area (Å²) < 4.78 is 0. The van der Waals surface area contributed by atoms with E-state index in [0.29, 0.717) is 11.2 Å². The summed E-state index contributed by atoms with van der Waals surface area (Å²) in [6.45, 7) is 0. The predicted molar refractivity (Wildman–Crippen MR) is 86.3 cm³/mol. The number of carbonyl (C=O) groups excluding carboxylic acids is 1. The molecule has 1 aromatic rings. The van der Waals surface area contributed by atoms with Crippen LogP contribution >= 0.6 is 15.9 Å². The molecule has 0 radical (unpaired) electrons. The minimum atomic E-state index is 0.143. The third kappa shape index (κ3) is 3.08. The van der Waals surface area contributed by atoms with Crippen LogP contribution in [0.1, 0.15) is 60.9 Å². The van der Waals surface area contributed by atoms with Gasteiger partial charge in [-0.05, 0) is 42.4 Å². The van der Waals surface area contributed by atoms with Crippen LogP contribution in [0.5, 0.6) is 0 Å². The summed E-state index contributed by atoms with van der Waals surface area (Å²) in [5.41, 5.74) is 3.68. The number of rotatable bonds is 2. The Morgan fingerprint density at radius 3 is 2.60 bits per heavy atom. The molecule has 0 saturated heterocycles. The molecular formula is C17H22BrNO. The van der Waals surface area contributed by atoms with Crippen molar-refractivity contribution in [2.75, 3.05) is 5.32 Å². The Balaban J connectivity index is 1.77. The van der Waals surface area contributed by atoms with Gasteiger partial charge < -0.3 is 5.32 Å². The lowest BCUT2D eigenvalue weighted by molar-refractivity contribution is -0.116. The Kier molecular flexibility index (Phi) is 4.45. The highest BCUT2D eigenvalue weighted by molar-refractivity contribution is 9.09. The molecule has 0 bridgehead atoms. The molecule has 1 aliphatic heterocycles. The van der Waals surface area contributed by atoms with Gasteiger partial charge in [0.15, 0.2) is 0 Å². The maximum absolute atomic E-state index is 11.4. The molecule has 1 fully saturated rings. The molecule has 2 nitrogen and oxygen atoms in total. The van der Waals surface area contributed by atoms with Crippen LogP contribution in [0.25, 0.3) is 0 Å². The van der Waals surface area contributed by atoms with E-state index < -0.39 is 0 Å². The number of hydrogen-bond donors (Lipinski definition) is 1. The SMILES string of the molecule is O=C1CCc2cc(C(Br)C3CCCCCC3)ccc2N1. The van der Waals surface area contributed by atoms with E-state index in [4.69, 9.17) is 0 Å². The minimum absolute atomic E-state index is 0.143. The number of amides is 1. The lowest BCUT2D eigenvalue weighted by Crippen LogP contribution is -2.19. The second-order valence-electron chi connectivity index (χ2n) is 6.12. The Morgan fingerprint density at radius 1 is 1.10 bits per heavy atom. The third-order valence-corrected chi connectivity index (χ3v) is 5.93. The van der Waals surface area contributed by atoms with E-state index in [-0.39, 0.29) is 5.91 Å². The molecule has 20 heavy (non-hydrogen) atoms. The zero-order chi connectivity index (χ0) is 13.9. The molecule has 0 spiro atoms. The van der Waals surface area contributed by atoms with Gasteiger partial charge in [0, 0.05) is 16.9 Å². The van der Waals surface area contributed by atoms with Gasteiger partial charge in [0.1, 0.15) is 0 Å². The molecule has 2 aliphatic rings. The van der Waals surface area contributed by atoms with Gasteiger partial charge in [0.2, 0.25) is 5.91 Å². The molecular weight excluding hydrogens is 314 g/mol. The molecule has 1 heterocycles. The van der Waals surface area contributed by atoms with Gasteiger partial charge in [-0.1, -0.05) is 53.7 Å². The second kappa shape index (κ2) is 6.30. The fourth-order valence-electron chi connectivity index (χ4n) is 3.45. The van der Waals surface area contributed by atoms with Crippen molar-refractivity contribution in [2.45, 2.75) is 56.2 Å². The molecule has 1 N–H and O–H groups in total. The fourth-order valence-corrected chi connectivity index (χ4v) is 4.26. The van der Waals surface area contributed by atoms with Gasteiger partial charge in [-0.2, -0.15) is 0 Å². The smallest absolute Gasteiger partial charge is 0.224 e. The zero-order valence-electron chi connectivity index (χ0n) is 11.8. The van der Waals surface area contributed by atoms with E-state index in [1.807, 2.05) is 0 Å². The molecule has 1 aliphatic carbocycles. The summed E-state index contributed by atoms with van der Waals surface area (Å²) in [6.07, 6.45) is 9.69. The minimum Gasteiger partial charge on any atom is -0.326 e. The van der Waals surface area contributed by atoms with E-state index in [2.05, 4.69) is 39.4 Å². The van der Waals surface area contributed by atoms with Gasteiger partial charge in [-0.25, -0.2) is 0 Å². The Labute approximate surface area is 129 Å². The highest BCUT2D eigenvalue weighted by atomic mass is 79.9. The summed E-state index contributed by atoms with van der Waals surface area (Å²) in [5.74, 6) is 0.901. The largest absolute Gasteiger partial charge is 0.326 e. The molecule has 108 valence electrons. The standard InChI is InChI=1S/C17H22BrNO/c18-17(12-5-3-1-2-4-6-12)14-7-9-15-13(11-14)8-10-16(20)19-15/h7,9,11-12,17H,1-6,8,10H2,(H,19,20). The van der Waals surface area contributed by atoms with Crippen molar-refractivity contribution in [3.8, 4) is 0 Å². The number of hydrogen-bond acceptors (Lipinski definition) is 1. The van der Waals surface area contributed by atoms with Gasteiger partial charge in [0.25, 0.3) is 0 Å². The van der Waals surface area contributed by atoms with Crippen LogP contribution in [-0.4, -0.2) is 5.91 Å². The molecule has 1 atom stereocenters. The topological polar surface area (TPSA) is 29.1 Å². The maximum Gasteiger partial charge on any atom is 0.224 e. The fraction of sp³-hybridized carbons (Fsp3) is 0.588. The molecule has 0 aromatic heterocycles. The van der Waals surface area contributed by atoms with E-state index in [0.717, 1.165) is 18.0 Å². The summed E-state index contributed by atoms with van der Waals surface area (Å²) in [4.78, 5) is 11.9. The van der Waals surface area contributed by atoms with Crippen LogP contribution in [0, 0.1) is 5.92 Å². The molecule has 1 aromatic carbocycles. The number of aryl methyl sites for hydroxylation is 1. The van der Waals surface area contributed by atoms with Crippen molar-refractivity contribution in [3.05, 3.63) is 29.3 Å². The number of benzene rings is 1. The first kappa shape index (κ1) is 14.1. The number of carbonyl (C=O) groups is 1. The van der Waals surface area contributed by atoms with E-state index >= 15 is 0 Å². The van der Waals surface area contributed by atoms with Gasteiger partial charge in [0.05, 0.1) is 0 Å². The lowest BCUT2D eigenvalue weighted by atomic mass is 9.90. The van der Waals surface area contributed by atoms with Crippen LogP contribution < -0.4 is 5.32 Å². The van der Waals surface area contributed by atoms with Crippen LogP contribution in [0.2, 0.25) is 0 Å². The first-order valence-electron chi connectivity index (χ1n) is 7.81. The van der Waals surface area contributed by atoms with E-state index in [1.54, 1.807) is 0 Å². The molecule has 1 saturated carbocycles. The van der Waals surface area contributed by atoms with Crippen molar-refractivity contribution >= 4 is 27.5 Å². The van der Waals surface area contributed by atoms with Crippen molar-refractivity contribution in [3.63, 3.8) is 0 Å². The highest BCUT2D eigenvalue weighted by Crippen LogP contribution is 2.40. The summed E-state index contributed by atoms with van der Waals surface area (Å²) in [7, 11) is 0. The average molecular weight is 336 g/mol. The quantitative estimate of drug-likeness (QED) is 0.599. The monoisotopic (exact) mass is 335 g/mol. The maximum atomic E-state index is 11.4. The molecule has 3 rings (SSSR count). The molecule has 3 heteroatoms. The first-order chi connectivity index (χ1) is 9.74.